The first-order valence-corrected chi connectivity index (χ1v) is 6.82. The Balaban J connectivity index is 2.17. The van der Waals surface area contributed by atoms with Gasteiger partial charge in [0.15, 0.2) is 0 Å². The number of anilines is 2. The van der Waals surface area contributed by atoms with Crippen molar-refractivity contribution in [3.63, 3.8) is 0 Å². The van der Waals surface area contributed by atoms with Crippen molar-refractivity contribution in [2.24, 2.45) is 0 Å². The Morgan fingerprint density at radius 2 is 1.90 bits per heavy atom. The summed E-state index contributed by atoms with van der Waals surface area (Å²) < 4.78 is 1.02. The monoisotopic (exact) mass is 335 g/mol. The van der Waals surface area contributed by atoms with Gasteiger partial charge in [-0.3, -0.25) is 10.1 Å². The van der Waals surface area contributed by atoms with Crippen molar-refractivity contribution in [2.75, 3.05) is 11.1 Å². The molecule has 6 heteroatoms. The van der Waals surface area contributed by atoms with Gasteiger partial charge in [0, 0.05) is 22.6 Å². The number of halogens is 1. The minimum Gasteiger partial charge on any atom is -0.397 e. The van der Waals surface area contributed by atoms with Gasteiger partial charge in [-0.15, -0.1) is 0 Å². The molecule has 2 aromatic rings. The van der Waals surface area contributed by atoms with Crippen LogP contribution in [0.4, 0.5) is 17.1 Å². The summed E-state index contributed by atoms with van der Waals surface area (Å²) >= 11 is 3.39. The molecule has 0 aliphatic heterocycles. The Morgan fingerprint density at radius 3 is 2.45 bits per heavy atom. The van der Waals surface area contributed by atoms with E-state index in [0.29, 0.717) is 11.4 Å². The first-order chi connectivity index (χ1) is 9.47. The van der Waals surface area contributed by atoms with Gasteiger partial charge >= 0.3 is 0 Å². The molecule has 20 heavy (non-hydrogen) atoms. The predicted octanol–water partition coefficient (Wildman–Crippen LogP) is 4.11. The number of hydrogen-bond acceptors (Lipinski definition) is 4. The molecular weight excluding hydrogens is 322 g/mol. The maximum absolute atomic E-state index is 10.7. The van der Waals surface area contributed by atoms with Crippen LogP contribution >= 0.6 is 15.9 Å². The zero-order valence-electron chi connectivity index (χ0n) is 10.8. The van der Waals surface area contributed by atoms with E-state index in [0.717, 1.165) is 10.0 Å². The maximum atomic E-state index is 10.7. The second-order valence-corrected chi connectivity index (χ2v) is 5.36. The molecular formula is C14H14BrN3O2. The van der Waals surface area contributed by atoms with Gasteiger partial charge in [0.2, 0.25) is 0 Å². The Kier molecular flexibility index (Phi) is 4.24. The lowest BCUT2D eigenvalue weighted by Crippen LogP contribution is -2.08. The molecule has 0 aromatic heterocycles. The lowest BCUT2D eigenvalue weighted by molar-refractivity contribution is -0.384. The molecule has 0 saturated carbocycles. The third-order valence-corrected chi connectivity index (χ3v) is 3.52. The van der Waals surface area contributed by atoms with Crippen molar-refractivity contribution >= 4 is 33.0 Å². The summed E-state index contributed by atoms with van der Waals surface area (Å²) in [5.41, 5.74) is 7.98. The molecule has 0 bridgehead atoms. The molecule has 1 unspecified atom stereocenters. The van der Waals surface area contributed by atoms with E-state index in [1.54, 1.807) is 6.07 Å². The van der Waals surface area contributed by atoms with Gasteiger partial charge in [-0.05, 0) is 30.7 Å². The number of rotatable bonds is 4. The van der Waals surface area contributed by atoms with Crippen LogP contribution in [-0.4, -0.2) is 4.92 Å². The number of benzene rings is 2. The fourth-order valence-electron chi connectivity index (χ4n) is 1.86. The number of non-ortho nitro benzene ring substituents is 1. The van der Waals surface area contributed by atoms with Gasteiger partial charge in [0.05, 0.1) is 16.3 Å². The summed E-state index contributed by atoms with van der Waals surface area (Å²) in [5, 5.41) is 13.9. The minimum absolute atomic E-state index is 0.00987. The normalized spacial score (nSPS) is 11.9. The summed E-state index contributed by atoms with van der Waals surface area (Å²) in [6.07, 6.45) is 0. The van der Waals surface area contributed by atoms with Crippen LogP contribution in [0.5, 0.6) is 0 Å². The van der Waals surface area contributed by atoms with Gasteiger partial charge in [-0.25, -0.2) is 0 Å². The first-order valence-electron chi connectivity index (χ1n) is 6.03. The van der Waals surface area contributed by atoms with Crippen molar-refractivity contribution in [3.8, 4) is 0 Å². The van der Waals surface area contributed by atoms with Crippen molar-refractivity contribution in [3.05, 3.63) is 62.6 Å². The van der Waals surface area contributed by atoms with E-state index in [1.807, 2.05) is 31.2 Å². The van der Waals surface area contributed by atoms with Crippen LogP contribution in [0.3, 0.4) is 0 Å². The highest BCUT2D eigenvalue weighted by Gasteiger charge is 2.11. The van der Waals surface area contributed by atoms with Crippen molar-refractivity contribution in [1.29, 1.82) is 0 Å². The van der Waals surface area contributed by atoms with Crippen molar-refractivity contribution in [1.82, 2.24) is 0 Å². The van der Waals surface area contributed by atoms with Crippen LogP contribution in [0.1, 0.15) is 18.5 Å². The molecule has 2 aromatic carbocycles. The lowest BCUT2D eigenvalue weighted by Gasteiger charge is -2.17. The van der Waals surface area contributed by atoms with Crippen LogP contribution in [-0.2, 0) is 0 Å². The number of nitro groups is 1. The third kappa shape index (κ3) is 3.27. The fraction of sp³-hybridized carbons (Fsp3) is 0.143. The van der Waals surface area contributed by atoms with Gasteiger partial charge < -0.3 is 11.1 Å². The third-order valence-electron chi connectivity index (χ3n) is 2.99. The average Bonchev–Trinajstić information content (AvgIpc) is 2.41. The zero-order valence-corrected chi connectivity index (χ0v) is 12.4. The SMILES string of the molecule is CC(Nc1ccc([N+](=O)[O-])cc1N)c1ccc(Br)cc1. The van der Waals surface area contributed by atoms with E-state index in [9.17, 15) is 10.1 Å². The molecule has 0 amide bonds. The summed E-state index contributed by atoms with van der Waals surface area (Å²) in [7, 11) is 0. The first kappa shape index (κ1) is 14.3. The van der Waals surface area contributed by atoms with E-state index in [2.05, 4.69) is 21.2 Å². The van der Waals surface area contributed by atoms with E-state index < -0.39 is 4.92 Å². The van der Waals surface area contributed by atoms with Gasteiger partial charge in [0.1, 0.15) is 0 Å². The Morgan fingerprint density at radius 1 is 1.25 bits per heavy atom. The largest absolute Gasteiger partial charge is 0.397 e. The van der Waals surface area contributed by atoms with Gasteiger partial charge in [0.25, 0.3) is 5.69 Å². The fourth-order valence-corrected chi connectivity index (χ4v) is 2.13. The summed E-state index contributed by atoms with van der Waals surface area (Å²) in [4.78, 5) is 10.2. The summed E-state index contributed by atoms with van der Waals surface area (Å²) in [6.45, 7) is 2.00. The Labute approximate surface area is 125 Å². The highest BCUT2D eigenvalue weighted by Crippen LogP contribution is 2.28. The molecule has 0 saturated heterocycles. The highest BCUT2D eigenvalue weighted by molar-refractivity contribution is 9.10. The number of hydrogen-bond donors (Lipinski definition) is 2. The summed E-state index contributed by atoms with van der Waals surface area (Å²) in [5.74, 6) is 0. The van der Waals surface area contributed by atoms with E-state index in [4.69, 9.17) is 5.73 Å². The van der Waals surface area contributed by atoms with Gasteiger partial charge in [-0.1, -0.05) is 28.1 Å². The van der Waals surface area contributed by atoms with Crippen molar-refractivity contribution in [2.45, 2.75) is 13.0 Å². The molecule has 1 atom stereocenters. The topological polar surface area (TPSA) is 81.2 Å². The van der Waals surface area contributed by atoms with Crippen LogP contribution in [0.25, 0.3) is 0 Å². The van der Waals surface area contributed by atoms with Crippen LogP contribution in [0.2, 0.25) is 0 Å². The predicted molar refractivity (Wildman–Crippen MR) is 83.7 cm³/mol. The number of nitrogen functional groups attached to an aromatic ring is 1. The lowest BCUT2D eigenvalue weighted by atomic mass is 10.1. The molecule has 5 nitrogen and oxygen atoms in total. The second kappa shape index (κ2) is 5.92. The number of nitrogens with two attached hydrogens (primary N) is 1. The number of nitrogens with one attached hydrogen (secondary N) is 1. The van der Waals surface area contributed by atoms with E-state index in [1.165, 1.54) is 12.1 Å². The molecule has 3 N–H and O–H groups in total. The van der Waals surface area contributed by atoms with Gasteiger partial charge in [-0.2, -0.15) is 0 Å². The van der Waals surface area contributed by atoms with E-state index >= 15 is 0 Å². The molecule has 2 rings (SSSR count). The molecule has 0 fully saturated rings. The maximum Gasteiger partial charge on any atom is 0.271 e. The number of nitrogens with zero attached hydrogens (tertiary/aromatic N) is 1. The number of nitro benzene ring substituents is 1. The minimum atomic E-state index is -0.460. The second-order valence-electron chi connectivity index (χ2n) is 4.45. The standard InChI is InChI=1S/C14H14BrN3O2/c1-9(10-2-4-11(15)5-3-10)17-14-7-6-12(18(19)20)8-13(14)16/h2-9,17H,16H2,1H3. The Bertz CT molecular complexity index is 629. The highest BCUT2D eigenvalue weighted by atomic mass is 79.9. The molecule has 0 heterocycles. The summed E-state index contributed by atoms with van der Waals surface area (Å²) in [6, 6.07) is 12.4. The molecule has 0 spiro atoms. The zero-order chi connectivity index (χ0) is 14.7. The molecule has 0 aliphatic rings. The average molecular weight is 336 g/mol. The molecule has 104 valence electrons. The van der Waals surface area contributed by atoms with Crippen LogP contribution in [0, 0.1) is 10.1 Å². The smallest absolute Gasteiger partial charge is 0.271 e. The van der Waals surface area contributed by atoms with Crippen LogP contribution < -0.4 is 11.1 Å². The quantitative estimate of drug-likeness (QED) is 0.500. The molecule has 0 radical (unpaired) electrons. The van der Waals surface area contributed by atoms with E-state index in [-0.39, 0.29) is 11.7 Å². The van der Waals surface area contributed by atoms with Crippen molar-refractivity contribution < 1.29 is 4.92 Å². The Hall–Kier alpha value is -2.08. The molecule has 0 aliphatic carbocycles. The van der Waals surface area contributed by atoms with Crippen LogP contribution in [0.15, 0.2) is 46.9 Å².